The molecular formula is C15H9Br2NO2. The van der Waals surface area contributed by atoms with Crippen molar-refractivity contribution < 1.29 is 9.53 Å². The Morgan fingerprint density at radius 2 is 1.75 bits per heavy atom. The molecule has 1 N–H and O–H groups in total. The van der Waals surface area contributed by atoms with Crippen LogP contribution in [0, 0.1) is 0 Å². The minimum absolute atomic E-state index is 0.250. The lowest BCUT2D eigenvalue weighted by molar-refractivity contribution is -0.115. The Balaban J connectivity index is 1.98. The number of para-hydroxylation sites is 2. The number of fused-ring (bicyclic) bond motifs is 1. The number of hydrogen-bond acceptors (Lipinski definition) is 2. The molecule has 0 fully saturated rings. The molecule has 0 saturated heterocycles. The maximum absolute atomic E-state index is 12.0. The second kappa shape index (κ2) is 5.42. The van der Waals surface area contributed by atoms with Crippen LogP contribution in [0.5, 0.6) is 5.75 Å². The molecule has 3 rings (SSSR count). The van der Waals surface area contributed by atoms with Gasteiger partial charge in [0.15, 0.2) is 11.5 Å². The van der Waals surface area contributed by atoms with Crippen LogP contribution < -0.4 is 10.1 Å². The summed E-state index contributed by atoms with van der Waals surface area (Å²) in [5, 5.41) is 2.80. The highest BCUT2D eigenvalue weighted by Crippen LogP contribution is 2.31. The van der Waals surface area contributed by atoms with Crippen molar-refractivity contribution >= 4 is 49.5 Å². The fourth-order valence-electron chi connectivity index (χ4n) is 1.91. The second-order valence-electron chi connectivity index (χ2n) is 4.26. The lowest BCUT2D eigenvalue weighted by atomic mass is 10.2. The van der Waals surface area contributed by atoms with Crippen molar-refractivity contribution in [2.75, 3.05) is 5.32 Å². The van der Waals surface area contributed by atoms with Crippen LogP contribution in [-0.4, -0.2) is 5.91 Å². The molecule has 0 radical (unpaired) electrons. The normalized spacial score (nSPS) is 15.5. The van der Waals surface area contributed by atoms with Crippen LogP contribution in [-0.2, 0) is 4.79 Å². The maximum atomic E-state index is 12.0. The molecule has 0 bridgehead atoms. The average molecular weight is 395 g/mol. The van der Waals surface area contributed by atoms with Gasteiger partial charge in [-0.25, -0.2) is 0 Å². The Morgan fingerprint density at radius 1 is 1.05 bits per heavy atom. The summed E-state index contributed by atoms with van der Waals surface area (Å²) in [6.07, 6.45) is 1.71. The molecule has 1 amide bonds. The van der Waals surface area contributed by atoms with Crippen LogP contribution in [0.1, 0.15) is 5.56 Å². The van der Waals surface area contributed by atoms with Gasteiger partial charge in [0, 0.05) is 8.95 Å². The summed E-state index contributed by atoms with van der Waals surface area (Å²) in [6, 6.07) is 13.1. The first-order valence-electron chi connectivity index (χ1n) is 5.88. The summed E-state index contributed by atoms with van der Waals surface area (Å²) in [4.78, 5) is 12.0. The first-order chi connectivity index (χ1) is 9.61. The molecule has 0 spiro atoms. The average Bonchev–Trinajstić information content (AvgIpc) is 2.38. The predicted molar refractivity (Wildman–Crippen MR) is 85.5 cm³/mol. The fourth-order valence-corrected chi connectivity index (χ4v) is 3.24. The van der Waals surface area contributed by atoms with Gasteiger partial charge in [0.2, 0.25) is 0 Å². The Kier molecular flexibility index (Phi) is 3.63. The van der Waals surface area contributed by atoms with Gasteiger partial charge in [-0.2, -0.15) is 0 Å². The minimum Gasteiger partial charge on any atom is -0.449 e. The van der Waals surface area contributed by atoms with Gasteiger partial charge in [0.1, 0.15) is 0 Å². The van der Waals surface area contributed by atoms with Crippen molar-refractivity contribution in [3.05, 3.63) is 62.7 Å². The van der Waals surface area contributed by atoms with Gasteiger partial charge >= 0.3 is 0 Å². The van der Waals surface area contributed by atoms with Gasteiger partial charge in [-0.3, -0.25) is 4.79 Å². The highest BCUT2D eigenvalue weighted by atomic mass is 79.9. The number of anilines is 1. The van der Waals surface area contributed by atoms with Crippen molar-refractivity contribution in [3.63, 3.8) is 0 Å². The number of hydrogen-bond donors (Lipinski definition) is 1. The van der Waals surface area contributed by atoms with Gasteiger partial charge in [0.05, 0.1) is 5.69 Å². The first kappa shape index (κ1) is 13.4. The van der Waals surface area contributed by atoms with Gasteiger partial charge in [-0.05, 0) is 42.0 Å². The van der Waals surface area contributed by atoms with Crippen molar-refractivity contribution in [1.29, 1.82) is 0 Å². The third-order valence-corrected chi connectivity index (χ3v) is 3.68. The topological polar surface area (TPSA) is 38.3 Å². The fraction of sp³-hybridized carbons (Fsp3) is 0. The molecule has 2 aromatic rings. The van der Waals surface area contributed by atoms with Crippen LogP contribution in [0.4, 0.5) is 5.69 Å². The zero-order valence-electron chi connectivity index (χ0n) is 10.2. The number of rotatable bonds is 1. The van der Waals surface area contributed by atoms with Crippen LogP contribution in [0.2, 0.25) is 0 Å². The number of amides is 1. The Bertz CT molecular complexity index is 705. The Labute approximate surface area is 132 Å². The highest BCUT2D eigenvalue weighted by Gasteiger charge is 2.21. The van der Waals surface area contributed by atoms with E-state index in [1.165, 1.54) is 0 Å². The van der Waals surface area contributed by atoms with E-state index in [1.807, 2.05) is 36.4 Å². The van der Waals surface area contributed by atoms with E-state index in [2.05, 4.69) is 37.2 Å². The van der Waals surface area contributed by atoms with Crippen molar-refractivity contribution in [2.45, 2.75) is 0 Å². The van der Waals surface area contributed by atoms with Crippen LogP contribution in [0.3, 0.4) is 0 Å². The molecule has 20 heavy (non-hydrogen) atoms. The largest absolute Gasteiger partial charge is 0.449 e. The van der Waals surface area contributed by atoms with Crippen LogP contribution in [0.15, 0.2) is 57.2 Å². The zero-order valence-corrected chi connectivity index (χ0v) is 13.4. The van der Waals surface area contributed by atoms with Gasteiger partial charge in [0.25, 0.3) is 5.91 Å². The molecule has 2 aromatic carbocycles. The summed E-state index contributed by atoms with van der Waals surface area (Å²) >= 11 is 6.84. The Hall–Kier alpha value is -1.59. The summed E-state index contributed by atoms with van der Waals surface area (Å²) < 4.78 is 7.50. The number of halogens is 2. The van der Waals surface area contributed by atoms with Gasteiger partial charge < -0.3 is 10.1 Å². The molecule has 100 valence electrons. The number of nitrogens with one attached hydrogen (secondary N) is 1. The molecule has 0 unspecified atom stereocenters. The van der Waals surface area contributed by atoms with Crippen LogP contribution in [0.25, 0.3) is 6.08 Å². The smallest absolute Gasteiger partial charge is 0.291 e. The quantitative estimate of drug-likeness (QED) is 0.718. The Morgan fingerprint density at radius 3 is 2.50 bits per heavy atom. The molecule has 1 aliphatic rings. The standard InChI is InChI=1S/C15H9Br2NO2/c16-10-5-9(6-11(17)8-10)7-14-15(19)18-12-3-1-2-4-13(12)20-14/h1-8H,(H,18,19)/b14-7-. The molecule has 3 nitrogen and oxygen atoms in total. The molecule has 1 heterocycles. The van der Waals surface area contributed by atoms with E-state index in [4.69, 9.17) is 4.74 Å². The SMILES string of the molecule is O=C1Nc2ccccc2O/C1=C\c1cc(Br)cc(Br)c1. The number of ether oxygens (including phenoxy) is 1. The van der Waals surface area contributed by atoms with Crippen molar-refractivity contribution in [2.24, 2.45) is 0 Å². The predicted octanol–water partition coefficient (Wildman–Crippen LogP) is 4.58. The lowest BCUT2D eigenvalue weighted by Gasteiger charge is -2.19. The molecular weight excluding hydrogens is 386 g/mol. The van der Waals surface area contributed by atoms with E-state index in [0.29, 0.717) is 11.4 Å². The number of benzene rings is 2. The second-order valence-corrected chi connectivity index (χ2v) is 6.10. The molecule has 0 aromatic heterocycles. The van der Waals surface area contributed by atoms with Crippen molar-refractivity contribution in [1.82, 2.24) is 0 Å². The van der Waals surface area contributed by atoms with E-state index in [0.717, 1.165) is 14.5 Å². The summed E-state index contributed by atoms with van der Waals surface area (Å²) in [5.41, 5.74) is 1.56. The van der Waals surface area contributed by atoms with Gasteiger partial charge in [-0.15, -0.1) is 0 Å². The number of carbonyl (C=O) groups is 1. The van der Waals surface area contributed by atoms with Crippen LogP contribution >= 0.6 is 31.9 Å². The maximum Gasteiger partial charge on any atom is 0.291 e. The number of carbonyl (C=O) groups excluding carboxylic acids is 1. The highest BCUT2D eigenvalue weighted by molar-refractivity contribution is 9.11. The first-order valence-corrected chi connectivity index (χ1v) is 7.46. The third kappa shape index (κ3) is 2.78. The van der Waals surface area contributed by atoms with Crippen molar-refractivity contribution in [3.8, 4) is 5.75 Å². The van der Waals surface area contributed by atoms with E-state index in [9.17, 15) is 4.79 Å². The molecule has 5 heteroatoms. The van der Waals surface area contributed by atoms with Gasteiger partial charge in [-0.1, -0.05) is 44.0 Å². The van der Waals surface area contributed by atoms with E-state index in [1.54, 1.807) is 12.1 Å². The monoisotopic (exact) mass is 393 g/mol. The van der Waals surface area contributed by atoms with E-state index >= 15 is 0 Å². The zero-order chi connectivity index (χ0) is 14.1. The molecule has 0 saturated carbocycles. The molecule has 0 aliphatic carbocycles. The summed E-state index contributed by atoms with van der Waals surface area (Å²) in [6.45, 7) is 0. The lowest BCUT2D eigenvalue weighted by Crippen LogP contribution is -2.23. The minimum atomic E-state index is -0.250. The van der Waals surface area contributed by atoms with E-state index < -0.39 is 0 Å². The summed E-state index contributed by atoms with van der Waals surface area (Å²) in [7, 11) is 0. The third-order valence-electron chi connectivity index (χ3n) is 2.76. The van der Waals surface area contributed by atoms with E-state index in [-0.39, 0.29) is 11.7 Å². The summed E-state index contributed by atoms with van der Waals surface area (Å²) in [5.74, 6) is 0.668. The molecule has 0 atom stereocenters. The molecule has 1 aliphatic heterocycles.